The molecule has 0 aliphatic heterocycles. The summed E-state index contributed by atoms with van der Waals surface area (Å²) in [5.74, 6) is -1.23. The van der Waals surface area contributed by atoms with Crippen LogP contribution < -0.4 is 5.32 Å². The summed E-state index contributed by atoms with van der Waals surface area (Å²) in [6, 6.07) is 9.80. The predicted octanol–water partition coefficient (Wildman–Crippen LogP) is 3.88. The van der Waals surface area contributed by atoms with E-state index in [1.807, 2.05) is 0 Å². The molecule has 98 valence electrons. The van der Waals surface area contributed by atoms with Crippen molar-refractivity contribution in [3.63, 3.8) is 0 Å². The summed E-state index contributed by atoms with van der Waals surface area (Å²) in [7, 11) is 0. The van der Waals surface area contributed by atoms with Gasteiger partial charge in [0.25, 0.3) is 0 Å². The van der Waals surface area contributed by atoms with Crippen LogP contribution >= 0.6 is 0 Å². The number of aryl methyl sites for hydroxylation is 2. The molecule has 0 radical (unpaired) electrons. The van der Waals surface area contributed by atoms with Crippen molar-refractivity contribution in [1.29, 1.82) is 0 Å². The second-order valence-electron chi connectivity index (χ2n) is 4.42. The lowest BCUT2D eigenvalue weighted by Gasteiger charge is -2.09. The van der Waals surface area contributed by atoms with Crippen LogP contribution in [0.25, 0.3) is 0 Å². The standard InChI is InChI=1S/C15H14FNO2/c1-9-3-4-12(8-14(9)16)17-11-5-6-13(15(18)19)10(2)7-11/h3-8,17H,1-2H3,(H,18,19). The third kappa shape index (κ3) is 2.91. The Hall–Kier alpha value is -2.36. The molecule has 0 amide bonds. The molecule has 0 saturated heterocycles. The van der Waals surface area contributed by atoms with E-state index in [-0.39, 0.29) is 11.4 Å². The molecule has 0 heterocycles. The third-order valence-electron chi connectivity index (χ3n) is 2.92. The molecule has 4 heteroatoms. The molecule has 3 nitrogen and oxygen atoms in total. The first-order chi connectivity index (χ1) is 8.97. The highest BCUT2D eigenvalue weighted by Crippen LogP contribution is 2.21. The first kappa shape index (κ1) is 13.1. The molecule has 0 saturated carbocycles. The molecule has 19 heavy (non-hydrogen) atoms. The van der Waals surface area contributed by atoms with Crippen LogP contribution in [-0.2, 0) is 0 Å². The maximum atomic E-state index is 13.4. The average molecular weight is 259 g/mol. The summed E-state index contributed by atoms with van der Waals surface area (Å²) >= 11 is 0. The van der Waals surface area contributed by atoms with Crippen LogP contribution in [0.5, 0.6) is 0 Å². The topological polar surface area (TPSA) is 49.3 Å². The van der Waals surface area contributed by atoms with Crippen molar-refractivity contribution < 1.29 is 14.3 Å². The number of halogens is 1. The van der Waals surface area contributed by atoms with Crippen LogP contribution in [0.3, 0.4) is 0 Å². The van der Waals surface area contributed by atoms with E-state index in [1.165, 1.54) is 12.1 Å². The maximum Gasteiger partial charge on any atom is 0.335 e. The van der Waals surface area contributed by atoms with E-state index in [0.29, 0.717) is 16.8 Å². The summed E-state index contributed by atoms with van der Waals surface area (Å²) in [4.78, 5) is 10.9. The van der Waals surface area contributed by atoms with E-state index in [9.17, 15) is 9.18 Å². The number of anilines is 2. The van der Waals surface area contributed by atoms with Gasteiger partial charge in [-0.2, -0.15) is 0 Å². The van der Waals surface area contributed by atoms with Crippen LogP contribution in [0, 0.1) is 19.7 Å². The average Bonchev–Trinajstić information content (AvgIpc) is 2.33. The van der Waals surface area contributed by atoms with E-state index in [0.717, 1.165) is 5.69 Å². The largest absolute Gasteiger partial charge is 0.478 e. The van der Waals surface area contributed by atoms with Gasteiger partial charge in [0, 0.05) is 11.4 Å². The molecular formula is C15H14FNO2. The monoisotopic (exact) mass is 259 g/mol. The Bertz CT molecular complexity index is 638. The van der Waals surface area contributed by atoms with Gasteiger partial charge in [0.1, 0.15) is 5.82 Å². The van der Waals surface area contributed by atoms with Crippen molar-refractivity contribution in [1.82, 2.24) is 0 Å². The summed E-state index contributed by atoms with van der Waals surface area (Å²) in [5, 5.41) is 12.0. The first-order valence-electron chi connectivity index (χ1n) is 5.84. The van der Waals surface area contributed by atoms with Crippen LogP contribution in [-0.4, -0.2) is 11.1 Å². The molecule has 0 unspecified atom stereocenters. The zero-order chi connectivity index (χ0) is 14.0. The van der Waals surface area contributed by atoms with Crippen LogP contribution in [0.4, 0.5) is 15.8 Å². The van der Waals surface area contributed by atoms with Gasteiger partial charge in [0.2, 0.25) is 0 Å². The summed E-state index contributed by atoms with van der Waals surface area (Å²) in [6.45, 7) is 3.43. The number of benzene rings is 2. The number of hydrogen-bond acceptors (Lipinski definition) is 2. The number of hydrogen-bond donors (Lipinski definition) is 2. The Labute approximate surface area is 110 Å². The second-order valence-corrected chi connectivity index (χ2v) is 4.42. The minimum Gasteiger partial charge on any atom is -0.478 e. The molecule has 0 aromatic heterocycles. The van der Waals surface area contributed by atoms with E-state index in [1.54, 1.807) is 38.1 Å². The first-order valence-corrected chi connectivity index (χ1v) is 5.84. The molecule has 2 aromatic carbocycles. The number of rotatable bonds is 3. The van der Waals surface area contributed by atoms with Crippen LogP contribution in [0.15, 0.2) is 36.4 Å². The predicted molar refractivity (Wildman–Crippen MR) is 72.6 cm³/mol. The number of nitrogens with one attached hydrogen (secondary N) is 1. The minimum absolute atomic E-state index is 0.264. The molecule has 2 N–H and O–H groups in total. The van der Waals surface area contributed by atoms with Crippen molar-refractivity contribution in [3.05, 3.63) is 58.9 Å². The minimum atomic E-state index is -0.953. The summed E-state index contributed by atoms with van der Waals surface area (Å²) in [6.07, 6.45) is 0. The molecule has 0 aliphatic rings. The van der Waals surface area contributed by atoms with Crippen molar-refractivity contribution in [3.8, 4) is 0 Å². The van der Waals surface area contributed by atoms with E-state index in [4.69, 9.17) is 5.11 Å². The van der Waals surface area contributed by atoms with E-state index in [2.05, 4.69) is 5.32 Å². The fourth-order valence-electron chi connectivity index (χ4n) is 1.82. The smallest absolute Gasteiger partial charge is 0.335 e. The lowest BCUT2D eigenvalue weighted by atomic mass is 10.1. The zero-order valence-electron chi connectivity index (χ0n) is 10.7. The van der Waals surface area contributed by atoms with Crippen LogP contribution in [0.1, 0.15) is 21.5 Å². The Kier molecular flexibility index (Phi) is 3.51. The number of carbonyl (C=O) groups is 1. The van der Waals surface area contributed by atoms with Gasteiger partial charge in [-0.15, -0.1) is 0 Å². The van der Waals surface area contributed by atoms with Crippen LogP contribution in [0.2, 0.25) is 0 Å². The Morgan fingerprint density at radius 2 is 1.68 bits per heavy atom. The number of aromatic carboxylic acids is 1. The lowest BCUT2D eigenvalue weighted by Crippen LogP contribution is -2.00. The maximum absolute atomic E-state index is 13.4. The van der Waals surface area contributed by atoms with Gasteiger partial charge in [-0.1, -0.05) is 6.07 Å². The van der Waals surface area contributed by atoms with Gasteiger partial charge in [-0.25, -0.2) is 9.18 Å². The molecule has 0 fully saturated rings. The van der Waals surface area contributed by atoms with Crippen molar-refractivity contribution in [2.45, 2.75) is 13.8 Å². The zero-order valence-corrected chi connectivity index (χ0v) is 10.7. The number of carboxylic acid groups (broad SMARTS) is 1. The van der Waals surface area contributed by atoms with Crippen molar-refractivity contribution in [2.24, 2.45) is 0 Å². The molecule has 0 atom stereocenters. The Balaban J connectivity index is 2.26. The SMILES string of the molecule is Cc1ccc(Nc2ccc(C(=O)O)c(C)c2)cc1F. The molecule has 2 rings (SSSR count). The van der Waals surface area contributed by atoms with Crippen molar-refractivity contribution in [2.75, 3.05) is 5.32 Å². The number of carboxylic acids is 1. The molecule has 0 aliphatic carbocycles. The lowest BCUT2D eigenvalue weighted by molar-refractivity contribution is 0.0696. The quantitative estimate of drug-likeness (QED) is 0.879. The van der Waals surface area contributed by atoms with Gasteiger partial charge in [-0.3, -0.25) is 0 Å². The second kappa shape index (κ2) is 5.10. The highest BCUT2D eigenvalue weighted by molar-refractivity contribution is 5.90. The molecular weight excluding hydrogens is 245 g/mol. The third-order valence-corrected chi connectivity index (χ3v) is 2.92. The van der Waals surface area contributed by atoms with Gasteiger partial charge in [0.15, 0.2) is 0 Å². The summed E-state index contributed by atoms with van der Waals surface area (Å²) < 4.78 is 13.4. The van der Waals surface area contributed by atoms with Crippen molar-refractivity contribution >= 4 is 17.3 Å². The fourth-order valence-corrected chi connectivity index (χ4v) is 1.82. The highest BCUT2D eigenvalue weighted by atomic mass is 19.1. The van der Waals surface area contributed by atoms with Gasteiger partial charge < -0.3 is 10.4 Å². The molecule has 2 aromatic rings. The highest BCUT2D eigenvalue weighted by Gasteiger charge is 2.07. The molecule has 0 bridgehead atoms. The van der Waals surface area contributed by atoms with E-state index >= 15 is 0 Å². The Morgan fingerprint density at radius 1 is 1.05 bits per heavy atom. The summed E-state index contributed by atoms with van der Waals surface area (Å²) in [5.41, 5.74) is 2.87. The van der Waals surface area contributed by atoms with Gasteiger partial charge in [0.05, 0.1) is 5.56 Å². The fraction of sp³-hybridized carbons (Fsp3) is 0.133. The van der Waals surface area contributed by atoms with Gasteiger partial charge in [-0.05, 0) is 55.3 Å². The molecule has 0 spiro atoms. The normalized spacial score (nSPS) is 10.3. The van der Waals surface area contributed by atoms with Gasteiger partial charge >= 0.3 is 5.97 Å². The van der Waals surface area contributed by atoms with E-state index < -0.39 is 5.97 Å². The Morgan fingerprint density at radius 3 is 2.26 bits per heavy atom.